The smallest absolute Gasteiger partial charge is 0.322 e. The van der Waals surface area contributed by atoms with Gasteiger partial charge in [-0.2, -0.15) is 5.01 Å². The molecule has 1 atom stereocenters. The lowest BCUT2D eigenvalue weighted by Gasteiger charge is -2.21. The molecule has 158 valence electrons. The molecule has 1 aliphatic heterocycles. The number of hydrogen-bond acceptors (Lipinski definition) is 5. The second-order valence-corrected chi connectivity index (χ2v) is 8.63. The Hall–Kier alpha value is -3.52. The summed E-state index contributed by atoms with van der Waals surface area (Å²) in [6.45, 7) is 3.40. The van der Waals surface area contributed by atoms with Crippen molar-refractivity contribution in [3.63, 3.8) is 0 Å². The first kappa shape index (κ1) is 20.7. The molecule has 4 amide bonds. The number of nitrogens with zero attached hydrogens (tertiary/aromatic N) is 2. The second-order valence-electron chi connectivity index (χ2n) is 7.63. The number of rotatable bonds is 6. The van der Waals surface area contributed by atoms with E-state index in [9.17, 15) is 14.4 Å². The molecule has 7 nitrogen and oxygen atoms in total. The molecule has 2 heterocycles. The van der Waals surface area contributed by atoms with Crippen LogP contribution in [0.5, 0.6) is 0 Å². The molecule has 0 saturated carbocycles. The lowest BCUT2D eigenvalue weighted by Crippen LogP contribution is -2.48. The predicted octanol–water partition coefficient (Wildman–Crippen LogP) is 3.71. The Morgan fingerprint density at radius 3 is 2.42 bits per heavy atom. The van der Waals surface area contributed by atoms with Gasteiger partial charge in [0, 0.05) is 5.56 Å². The standard InChI is InChI=1S/C23H22N4O3S/c1-15-18(31-20(24-15)17-11-7-4-8-12-17)19(28)26-27-21(29)23(2,25-22(27)30)14-13-16-9-5-3-6-10-16/h3-12H,13-14H2,1-2H3,(H,25,30)(H,26,28). The van der Waals surface area contributed by atoms with Crippen molar-refractivity contribution in [2.24, 2.45) is 0 Å². The van der Waals surface area contributed by atoms with E-state index in [1.165, 1.54) is 11.3 Å². The Balaban J connectivity index is 1.47. The largest absolute Gasteiger partial charge is 0.344 e. The van der Waals surface area contributed by atoms with Crippen molar-refractivity contribution in [3.8, 4) is 10.6 Å². The topological polar surface area (TPSA) is 91.4 Å². The molecule has 2 N–H and O–H groups in total. The van der Waals surface area contributed by atoms with Crippen molar-refractivity contribution >= 4 is 29.2 Å². The van der Waals surface area contributed by atoms with Crippen LogP contribution in [0, 0.1) is 6.92 Å². The predicted molar refractivity (Wildman–Crippen MR) is 118 cm³/mol. The number of carbonyl (C=O) groups is 3. The Kier molecular flexibility index (Phi) is 5.56. The number of hydrazine groups is 1. The van der Waals surface area contributed by atoms with Crippen LogP contribution >= 0.6 is 11.3 Å². The van der Waals surface area contributed by atoms with Crippen molar-refractivity contribution in [1.29, 1.82) is 0 Å². The van der Waals surface area contributed by atoms with Gasteiger partial charge in [0.25, 0.3) is 11.8 Å². The van der Waals surface area contributed by atoms with Crippen LogP contribution in [0.2, 0.25) is 0 Å². The van der Waals surface area contributed by atoms with Crippen LogP contribution in [-0.4, -0.2) is 33.4 Å². The SMILES string of the molecule is Cc1nc(-c2ccccc2)sc1C(=O)NN1C(=O)NC(C)(CCc2ccccc2)C1=O. The van der Waals surface area contributed by atoms with E-state index in [0.29, 0.717) is 28.4 Å². The summed E-state index contributed by atoms with van der Waals surface area (Å²) in [4.78, 5) is 43.1. The zero-order valence-corrected chi connectivity index (χ0v) is 18.0. The van der Waals surface area contributed by atoms with Gasteiger partial charge in [-0.05, 0) is 32.3 Å². The minimum atomic E-state index is -1.09. The number of benzene rings is 2. The first-order valence-electron chi connectivity index (χ1n) is 9.92. The van der Waals surface area contributed by atoms with E-state index in [4.69, 9.17) is 0 Å². The summed E-state index contributed by atoms with van der Waals surface area (Å²) in [5.74, 6) is -1.01. The molecule has 4 rings (SSSR count). The highest BCUT2D eigenvalue weighted by Crippen LogP contribution is 2.28. The van der Waals surface area contributed by atoms with Crippen molar-refractivity contribution in [2.45, 2.75) is 32.2 Å². The highest BCUT2D eigenvalue weighted by atomic mass is 32.1. The van der Waals surface area contributed by atoms with Gasteiger partial charge >= 0.3 is 6.03 Å². The van der Waals surface area contributed by atoms with Crippen molar-refractivity contribution in [2.75, 3.05) is 0 Å². The summed E-state index contributed by atoms with van der Waals surface area (Å²) in [7, 11) is 0. The lowest BCUT2D eigenvalue weighted by atomic mass is 9.93. The highest BCUT2D eigenvalue weighted by Gasteiger charge is 2.48. The fraction of sp³-hybridized carbons (Fsp3) is 0.217. The molecule has 31 heavy (non-hydrogen) atoms. The average Bonchev–Trinajstić information content (AvgIpc) is 3.27. The van der Waals surface area contributed by atoms with Crippen molar-refractivity contribution in [3.05, 3.63) is 76.8 Å². The van der Waals surface area contributed by atoms with E-state index in [1.54, 1.807) is 13.8 Å². The maximum absolute atomic E-state index is 13.0. The molecule has 2 aromatic carbocycles. The zero-order chi connectivity index (χ0) is 22.0. The van der Waals surface area contributed by atoms with Gasteiger partial charge in [0.1, 0.15) is 15.4 Å². The van der Waals surface area contributed by atoms with Gasteiger partial charge < -0.3 is 5.32 Å². The van der Waals surface area contributed by atoms with E-state index in [0.717, 1.165) is 16.1 Å². The number of amides is 4. The van der Waals surface area contributed by atoms with Crippen LogP contribution < -0.4 is 10.7 Å². The van der Waals surface area contributed by atoms with E-state index in [2.05, 4.69) is 15.7 Å². The van der Waals surface area contributed by atoms with E-state index >= 15 is 0 Å². The van der Waals surface area contributed by atoms with Gasteiger partial charge in [0.2, 0.25) is 0 Å². The number of nitrogens with one attached hydrogen (secondary N) is 2. The summed E-state index contributed by atoms with van der Waals surface area (Å²) >= 11 is 1.22. The average molecular weight is 435 g/mol. The summed E-state index contributed by atoms with van der Waals surface area (Å²) in [5, 5.41) is 4.19. The van der Waals surface area contributed by atoms with E-state index < -0.39 is 23.4 Å². The third kappa shape index (κ3) is 4.20. The molecule has 8 heteroatoms. The number of urea groups is 1. The molecule has 1 aliphatic rings. The van der Waals surface area contributed by atoms with Crippen LogP contribution in [0.15, 0.2) is 60.7 Å². The molecule has 0 bridgehead atoms. The highest BCUT2D eigenvalue weighted by molar-refractivity contribution is 7.17. The zero-order valence-electron chi connectivity index (χ0n) is 17.2. The molecular weight excluding hydrogens is 412 g/mol. The Morgan fingerprint density at radius 2 is 1.74 bits per heavy atom. The quantitative estimate of drug-likeness (QED) is 0.579. The van der Waals surface area contributed by atoms with E-state index in [-0.39, 0.29) is 0 Å². The van der Waals surface area contributed by atoms with Crippen LogP contribution in [0.3, 0.4) is 0 Å². The maximum atomic E-state index is 13.0. The minimum absolute atomic E-state index is 0.359. The molecule has 1 fully saturated rings. The van der Waals surface area contributed by atoms with Crippen LogP contribution in [0.25, 0.3) is 10.6 Å². The molecule has 1 saturated heterocycles. The third-order valence-corrected chi connectivity index (χ3v) is 6.46. The number of thiazole rings is 1. The molecule has 0 spiro atoms. The fourth-order valence-electron chi connectivity index (χ4n) is 3.46. The van der Waals surface area contributed by atoms with Gasteiger partial charge in [0.05, 0.1) is 5.69 Å². The first-order valence-corrected chi connectivity index (χ1v) is 10.7. The van der Waals surface area contributed by atoms with Crippen molar-refractivity contribution < 1.29 is 14.4 Å². The number of hydrogen-bond donors (Lipinski definition) is 2. The Bertz CT molecular complexity index is 1130. The first-order chi connectivity index (χ1) is 14.9. The molecule has 1 unspecified atom stereocenters. The summed E-state index contributed by atoms with van der Waals surface area (Å²) < 4.78 is 0. The summed E-state index contributed by atoms with van der Waals surface area (Å²) in [6.07, 6.45) is 1.05. The van der Waals surface area contributed by atoms with Crippen LogP contribution in [0.4, 0.5) is 4.79 Å². The number of carbonyl (C=O) groups excluding carboxylic acids is 3. The van der Waals surface area contributed by atoms with E-state index in [1.807, 2.05) is 60.7 Å². The van der Waals surface area contributed by atoms with Gasteiger partial charge in [-0.3, -0.25) is 15.0 Å². The molecular formula is C23H22N4O3S. The number of aromatic nitrogens is 1. The Morgan fingerprint density at radius 1 is 1.10 bits per heavy atom. The fourth-order valence-corrected chi connectivity index (χ4v) is 4.42. The molecule has 0 radical (unpaired) electrons. The van der Waals surface area contributed by atoms with Crippen LogP contribution in [0.1, 0.15) is 34.3 Å². The van der Waals surface area contributed by atoms with Gasteiger partial charge in [0.15, 0.2) is 0 Å². The molecule has 0 aliphatic carbocycles. The third-order valence-electron chi connectivity index (χ3n) is 5.25. The maximum Gasteiger partial charge on any atom is 0.344 e. The van der Waals surface area contributed by atoms with Gasteiger partial charge in [-0.25, -0.2) is 9.78 Å². The number of imide groups is 1. The lowest BCUT2D eigenvalue weighted by molar-refractivity contribution is -0.132. The minimum Gasteiger partial charge on any atom is -0.322 e. The normalized spacial score (nSPS) is 18.2. The van der Waals surface area contributed by atoms with Crippen LogP contribution in [-0.2, 0) is 11.2 Å². The number of aryl methyl sites for hydroxylation is 2. The van der Waals surface area contributed by atoms with Crippen molar-refractivity contribution in [1.82, 2.24) is 20.7 Å². The molecule has 3 aromatic rings. The second kappa shape index (κ2) is 8.31. The Labute approximate surface area is 184 Å². The molecule has 1 aromatic heterocycles. The van der Waals surface area contributed by atoms with Gasteiger partial charge in [-0.15, -0.1) is 11.3 Å². The van der Waals surface area contributed by atoms with Gasteiger partial charge in [-0.1, -0.05) is 60.7 Å². The summed E-state index contributed by atoms with van der Waals surface area (Å²) in [6, 6.07) is 18.6. The summed E-state index contributed by atoms with van der Waals surface area (Å²) in [5.41, 5.74) is 3.89. The monoisotopic (exact) mass is 434 g/mol.